The Kier molecular flexibility index (Phi) is 5.48. The van der Waals surface area contributed by atoms with E-state index in [1.165, 1.54) is 24.0 Å². The third-order valence-corrected chi connectivity index (χ3v) is 5.89. The SMILES string of the molecule is Cc1ccc(-c2nc(CNCC(c3ccco3)N3CCCC3)cs2)cc1. The number of likely N-dealkylation sites (tertiary alicyclic amines) is 1. The first kappa shape index (κ1) is 17.5. The maximum atomic E-state index is 5.69. The van der Waals surface area contributed by atoms with Gasteiger partial charge in [-0.05, 0) is 45.0 Å². The first-order chi connectivity index (χ1) is 12.8. The minimum Gasteiger partial charge on any atom is -0.468 e. The Morgan fingerprint density at radius 1 is 1.19 bits per heavy atom. The van der Waals surface area contributed by atoms with Crippen molar-refractivity contribution < 1.29 is 4.42 Å². The lowest BCUT2D eigenvalue weighted by atomic mass is 10.2. The lowest BCUT2D eigenvalue weighted by molar-refractivity contribution is 0.209. The van der Waals surface area contributed by atoms with Crippen LogP contribution in [0.3, 0.4) is 0 Å². The molecule has 1 atom stereocenters. The van der Waals surface area contributed by atoms with Crippen LogP contribution in [0.15, 0.2) is 52.5 Å². The van der Waals surface area contributed by atoms with Gasteiger partial charge in [-0.1, -0.05) is 29.8 Å². The van der Waals surface area contributed by atoms with E-state index in [-0.39, 0.29) is 0 Å². The van der Waals surface area contributed by atoms with Gasteiger partial charge in [0.2, 0.25) is 0 Å². The van der Waals surface area contributed by atoms with Gasteiger partial charge in [-0.25, -0.2) is 4.98 Å². The van der Waals surface area contributed by atoms with Crippen LogP contribution in [0.4, 0.5) is 0 Å². The molecule has 3 aromatic rings. The van der Waals surface area contributed by atoms with Crippen molar-refractivity contribution in [2.45, 2.75) is 32.4 Å². The predicted molar refractivity (Wildman–Crippen MR) is 106 cm³/mol. The topological polar surface area (TPSA) is 41.3 Å². The minimum absolute atomic E-state index is 0.308. The first-order valence-corrected chi connectivity index (χ1v) is 10.2. The number of benzene rings is 1. The van der Waals surface area contributed by atoms with E-state index in [1.807, 2.05) is 6.07 Å². The Hall–Kier alpha value is -1.95. The molecular weight excluding hydrogens is 342 g/mol. The van der Waals surface area contributed by atoms with Crippen LogP contribution in [0.25, 0.3) is 10.6 Å². The van der Waals surface area contributed by atoms with E-state index in [4.69, 9.17) is 9.40 Å². The highest BCUT2D eigenvalue weighted by Gasteiger charge is 2.25. The summed E-state index contributed by atoms with van der Waals surface area (Å²) in [5.74, 6) is 1.05. The number of rotatable bonds is 7. The molecule has 26 heavy (non-hydrogen) atoms. The summed E-state index contributed by atoms with van der Waals surface area (Å²) in [6.45, 7) is 6.08. The second-order valence-corrected chi connectivity index (χ2v) is 7.77. The van der Waals surface area contributed by atoms with Gasteiger partial charge in [0.15, 0.2) is 0 Å². The summed E-state index contributed by atoms with van der Waals surface area (Å²) in [6, 6.07) is 12.9. The molecule has 1 saturated heterocycles. The molecule has 136 valence electrons. The smallest absolute Gasteiger partial charge is 0.123 e. The summed E-state index contributed by atoms with van der Waals surface area (Å²) in [6.07, 6.45) is 4.33. The summed E-state index contributed by atoms with van der Waals surface area (Å²) in [7, 11) is 0. The fraction of sp³-hybridized carbons (Fsp3) is 0.381. The number of nitrogens with one attached hydrogen (secondary N) is 1. The van der Waals surface area contributed by atoms with Gasteiger partial charge in [0.05, 0.1) is 18.0 Å². The number of nitrogens with zero attached hydrogens (tertiary/aromatic N) is 2. The Labute approximate surface area is 158 Å². The average Bonchev–Trinajstić information content (AvgIpc) is 3.41. The van der Waals surface area contributed by atoms with Crippen molar-refractivity contribution >= 4 is 11.3 Å². The summed E-state index contributed by atoms with van der Waals surface area (Å²) in [4.78, 5) is 7.30. The third kappa shape index (κ3) is 4.06. The molecule has 0 bridgehead atoms. The Balaban J connectivity index is 1.37. The molecule has 4 rings (SSSR count). The van der Waals surface area contributed by atoms with Crippen molar-refractivity contribution in [1.29, 1.82) is 0 Å². The zero-order chi connectivity index (χ0) is 17.8. The summed E-state index contributed by atoms with van der Waals surface area (Å²) >= 11 is 1.71. The molecule has 0 radical (unpaired) electrons. The number of hydrogen-bond donors (Lipinski definition) is 1. The van der Waals surface area contributed by atoms with Crippen LogP contribution in [0, 0.1) is 6.92 Å². The molecule has 1 fully saturated rings. The fourth-order valence-electron chi connectivity index (χ4n) is 3.50. The highest BCUT2D eigenvalue weighted by molar-refractivity contribution is 7.13. The van der Waals surface area contributed by atoms with Crippen LogP contribution in [0.2, 0.25) is 0 Å². The Morgan fingerprint density at radius 3 is 2.73 bits per heavy atom. The fourth-order valence-corrected chi connectivity index (χ4v) is 4.32. The second kappa shape index (κ2) is 8.16. The van der Waals surface area contributed by atoms with Crippen LogP contribution >= 0.6 is 11.3 Å². The van der Waals surface area contributed by atoms with Crippen molar-refractivity contribution in [3.05, 3.63) is 65.1 Å². The van der Waals surface area contributed by atoms with Crippen LogP contribution in [-0.2, 0) is 6.54 Å². The van der Waals surface area contributed by atoms with E-state index in [1.54, 1.807) is 17.6 Å². The quantitative estimate of drug-likeness (QED) is 0.661. The Bertz CT molecular complexity index is 804. The van der Waals surface area contributed by atoms with Gasteiger partial charge < -0.3 is 9.73 Å². The Morgan fingerprint density at radius 2 is 2.00 bits per heavy atom. The highest BCUT2D eigenvalue weighted by atomic mass is 32.1. The summed E-state index contributed by atoms with van der Waals surface area (Å²) in [5.41, 5.74) is 3.57. The van der Waals surface area contributed by atoms with E-state index in [9.17, 15) is 0 Å². The molecular formula is C21H25N3OS. The van der Waals surface area contributed by atoms with Crippen LogP contribution in [0.1, 0.15) is 35.9 Å². The van der Waals surface area contributed by atoms with E-state index in [2.05, 4.69) is 52.9 Å². The lowest BCUT2D eigenvalue weighted by Crippen LogP contribution is -2.33. The number of aryl methyl sites for hydroxylation is 1. The van der Waals surface area contributed by atoms with Crippen molar-refractivity contribution in [3.63, 3.8) is 0 Å². The van der Waals surface area contributed by atoms with Gasteiger partial charge in [-0.2, -0.15) is 0 Å². The summed E-state index contributed by atoms with van der Waals surface area (Å²) < 4.78 is 5.69. The molecule has 1 aliphatic rings. The van der Waals surface area contributed by atoms with Crippen molar-refractivity contribution in [1.82, 2.24) is 15.2 Å². The number of thiazole rings is 1. The van der Waals surface area contributed by atoms with Gasteiger partial charge in [0, 0.05) is 24.0 Å². The minimum atomic E-state index is 0.308. The van der Waals surface area contributed by atoms with E-state index < -0.39 is 0 Å². The molecule has 4 nitrogen and oxygen atoms in total. The molecule has 0 amide bonds. The number of furan rings is 1. The maximum Gasteiger partial charge on any atom is 0.123 e. The van der Waals surface area contributed by atoms with Gasteiger partial charge in [-0.15, -0.1) is 11.3 Å². The van der Waals surface area contributed by atoms with Crippen LogP contribution in [0.5, 0.6) is 0 Å². The molecule has 3 heterocycles. The maximum absolute atomic E-state index is 5.69. The molecule has 1 aromatic carbocycles. The van der Waals surface area contributed by atoms with Gasteiger partial charge in [0.25, 0.3) is 0 Å². The molecule has 1 aliphatic heterocycles. The number of hydrogen-bond acceptors (Lipinski definition) is 5. The van der Waals surface area contributed by atoms with Gasteiger partial charge >= 0.3 is 0 Å². The van der Waals surface area contributed by atoms with E-state index in [0.29, 0.717) is 6.04 Å². The first-order valence-electron chi connectivity index (χ1n) is 9.29. The van der Waals surface area contributed by atoms with Gasteiger partial charge in [0.1, 0.15) is 10.8 Å². The van der Waals surface area contributed by atoms with Crippen LogP contribution < -0.4 is 5.32 Å². The highest BCUT2D eigenvalue weighted by Crippen LogP contribution is 2.26. The monoisotopic (exact) mass is 367 g/mol. The third-order valence-electron chi connectivity index (χ3n) is 4.95. The second-order valence-electron chi connectivity index (χ2n) is 6.92. The summed E-state index contributed by atoms with van der Waals surface area (Å²) in [5, 5.41) is 6.82. The molecule has 0 spiro atoms. The molecule has 0 saturated carbocycles. The van der Waals surface area contributed by atoms with Gasteiger partial charge in [-0.3, -0.25) is 4.90 Å². The molecule has 5 heteroatoms. The predicted octanol–water partition coefficient (Wildman–Crippen LogP) is 4.64. The molecule has 0 aliphatic carbocycles. The standard InChI is InChI=1S/C21H25N3OS/c1-16-6-8-17(9-7-16)21-23-18(15-26-21)13-22-14-19(20-5-4-12-25-20)24-10-2-3-11-24/h4-9,12,15,19,22H,2-3,10-11,13-14H2,1H3. The normalized spacial score (nSPS) is 16.2. The van der Waals surface area contributed by atoms with Crippen LogP contribution in [-0.4, -0.2) is 29.5 Å². The lowest BCUT2D eigenvalue weighted by Gasteiger charge is -2.26. The van der Waals surface area contributed by atoms with Crippen molar-refractivity contribution in [2.24, 2.45) is 0 Å². The molecule has 1 N–H and O–H groups in total. The van der Waals surface area contributed by atoms with Crippen molar-refractivity contribution in [3.8, 4) is 10.6 Å². The van der Waals surface area contributed by atoms with Crippen molar-refractivity contribution in [2.75, 3.05) is 19.6 Å². The number of aromatic nitrogens is 1. The average molecular weight is 368 g/mol. The zero-order valence-electron chi connectivity index (χ0n) is 15.1. The zero-order valence-corrected chi connectivity index (χ0v) is 16.0. The molecule has 1 unspecified atom stereocenters. The van der Waals surface area contributed by atoms with E-state index in [0.717, 1.165) is 42.6 Å². The molecule has 2 aromatic heterocycles. The van der Waals surface area contributed by atoms with E-state index >= 15 is 0 Å². The largest absolute Gasteiger partial charge is 0.468 e.